The van der Waals surface area contributed by atoms with Gasteiger partial charge in [0.15, 0.2) is 0 Å². The van der Waals surface area contributed by atoms with Crippen molar-refractivity contribution in [3.63, 3.8) is 0 Å². The van der Waals surface area contributed by atoms with Gasteiger partial charge in [-0.3, -0.25) is 0 Å². The smallest absolute Gasteiger partial charge is 0.336 e. The first-order valence-corrected chi connectivity index (χ1v) is 6.05. The first-order chi connectivity index (χ1) is 9.83. The number of ether oxygens (including phenoxy) is 1. The molecule has 0 unspecified atom stereocenters. The average Bonchev–Trinajstić information content (AvgIpc) is 2.86. The fourth-order valence-corrected chi connectivity index (χ4v) is 1.11. The Balaban J connectivity index is 2.30. The molecule has 0 aliphatic carbocycles. The monoisotopic (exact) mass is 262 g/mol. The van der Waals surface area contributed by atoms with Gasteiger partial charge >= 0.3 is 5.97 Å². The molecule has 98 valence electrons. The van der Waals surface area contributed by atoms with E-state index in [1.807, 2.05) is 37.3 Å². The van der Waals surface area contributed by atoms with Crippen molar-refractivity contribution >= 4 is 5.97 Å². The summed E-state index contributed by atoms with van der Waals surface area (Å²) in [5.74, 6) is 11.2. The van der Waals surface area contributed by atoms with E-state index in [-0.39, 0.29) is 5.97 Å². The van der Waals surface area contributed by atoms with Gasteiger partial charge in [-0.25, -0.2) is 4.79 Å². The van der Waals surface area contributed by atoms with E-state index in [4.69, 9.17) is 4.74 Å². The van der Waals surface area contributed by atoms with Crippen molar-refractivity contribution in [3.05, 3.63) is 72.6 Å². The van der Waals surface area contributed by atoms with Gasteiger partial charge in [-0.05, 0) is 43.1 Å². The molecule has 0 aromatic carbocycles. The minimum absolute atomic E-state index is 0.334. The van der Waals surface area contributed by atoms with Gasteiger partial charge in [0.05, 0.1) is 0 Å². The van der Waals surface area contributed by atoms with E-state index in [2.05, 4.69) is 23.7 Å². The van der Waals surface area contributed by atoms with Gasteiger partial charge in [-0.2, -0.15) is 0 Å². The van der Waals surface area contributed by atoms with Crippen LogP contribution in [0, 0.1) is 23.7 Å². The summed E-state index contributed by atoms with van der Waals surface area (Å²) < 4.78 is 4.85. The highest BCUT2D eigenvalue weighted by Crippen LogP contribution is 2.08. The van der Waals surface area contributed by atoms with Gasteiger partial charge in [0.25, 0.3) is 0 Å². The Bertz CT molecular complexity index is 630. The van der Waals surface area contributed by atoms with Crippen LogP contribution in [0.15, 0.2) is 72.6 Å². The Kier molecular flexibility index (Phi) is 7.54. The molecule has 1 heterocycles. The summed E-state index contributed by atoms with van der Waals surface area (Å²) in [6.45, 7) is 1.91. The van der Waals surface area contributed by atoms with E-state index < -0.39 is 0 Å². The van der Waals surface area contributed by atoms with Gasteiger partial charge in [0.1, 0.15) is 5.76 Å². The van der Waals surface area contributed by atoms with Gasteiger partial charge in [0, 0.05) is 6.08 Å². The van der Waals surface area contributed by atoms with Crippen LogP contribution in [-0.2, 0) is 9.53 Å². The lowest BCUT2D eigenvalue weighted by Crippen LogP contribution is -1.89. The predicted octanol–water partition coefficient (Wildman–Crippen LogP) is 3.23. The van der Waals surface area contributed by atoms with Crippen molar-refractivity contribution in [1.29, 1.82) is 0 Å². The van der Waals surface area contributed by atoms with Crippen molar-refractivity contribution in [1.82, 2.24) is 0 Å². The third-order valence-corrected chi connectivity index (χ3v) is 1.94. The topological polar surface area (TPSA) is 26.3 Å². The molecule has 0 spiro atoms. The van der Waals surface area contributed by atoms with Crippen LogP contribution >= 0.6 is 0 Å². The summed E-state index contributed by atoms with van der Waals surface area (Å²) in [4.78, 5) is 10.7. The minimum Gasteiger partial charge on any atom is -0.423 e. The molecule has 0 N–H and O–H groups in total. The first-order valence-electron chi connectivity index (χ1n) is 6.05. The zero-order valence-corrected chi connectivity index (χ0v) is 11.2. The maximum absolute atomic E-state index is 10.7. The van der Waals surface area contributed by atoms with E-state index in [1.165, 1.54) is 6.08 Å². The molecule has 2 heteroatoms. The molecule has 0 saturated heterocycles. The highest BCUT2D eigenvalue weighted by Gasteiger charge is 2.06. The summed E-state index contributed by atoms with van der Waals surface area (Å²) in [6, 6.07) is 0. The Labute approximate surface area is 119 Å². The van der Waals surface area contributed by atoms with Crippen LogP contribution in [0.25, 0.3) is 0 Å². The van der Waals surface area contributed by atoms with E-state index in [9.17, 15) is 4.79 Å². The number of carbonyl (C=O) groups excluding carboxylic acids is 1. The van der Waals surface area contributed by atoms with Crippen LogP contribution in [0.2, 0.25) is 0 Å². The SMILES string of the molecule is C/C=C/C#CC#C/C=C/C=C/C=C/C=C1/C=CC(=O)O1. The van der Waals surface area contributed by atoms with Crippen molar-refractivity contribution in [2.75, 3.05) is 0 Å². The molecule has 2 nitrogen and oxygen atoms in total. The lowest BCUT2D eigenvalue weighted by molar-refractivity contribution is -0.132. The van der Waals surface area contributed by atoms with Crippen LogP contribution in [0.5, 0.6) is 0 Å². The molecule has 1 rings (SSSR count). The number of hydrogen-bond donors (Lipinski definition) is 0. The number of cyclic esters (lactones) is 1. The quantitative estimate of drug-likeness (QED) is 0.443. The maximum Gasteiger partial charge on any atom is 0.336 e. The normalized spacial score (nSPS) is 16.1. The zero-order chi connectivity index (χ0) is 14.5. The van der Waals surface area contributed by atoms with Crippen molar-refractivity contribution in [2.45, 2.75) is 6.92 Å². The molecule has 1 aliphatic heterocycles. The van der Waals surface area contributed by atoms with Gasteiger partial charge in [-0.15, -0.1) is 0 Å². The van der Waals surface area contributed by atoms with Gasteiger partial charge < -0.3 is 4.74 Å². The van der Waals surface area contributed by atoms with Gasteiger partial charge in [-0.1, -0.05) is 48.3 Å². The Hall–Kier alpha value is -2.97. The highest BCUT2D eigenvalue weighted by atomic mass is 16.5. The molecular weight excluding hydrogens is 248 g/mol. The third-order valence-electron chi connectivity index (χ3n) is 1.94. The van der Waals surface area contributed by atoms with Crippen molar-refractivity contribution in [2.24, 2.45) is 0 Å². The highest BCUT2D eigenvalue weighted by molar-refractivity contribution is 5.86. The third kappa shape index (κ3) is 7.37. The molecule has 0 amide bonds. The predicted molar refractivity (Wildman–Crippen MR) is 81.1 cm³/mol. The largest absolute Gasteiger partial charge is 0.423 e. The van der Waals surface area contributed by atoms with E-state index in [0.29, 0.717) is 5.76 Å². The second-order valence-electron chi connectivity index (χ2n) is 3.49. The standard InChI is InChI=1S/C18H14O2/c1-2-3-4-5-6-7-8-9-10-11-12-13-14-17-15-16-18(19)20-17/h2-3,8-16H,1H3/b3-2+,9-8+,11-10+,13-12+,17-14-. The second kappa shape index (κ2) is 10.00. The van der Waals surface area contributed by atoms with Crippen LogP contribution in [-0.4, -0.2) is 5.97 Å². The average molecular weight is 262 g/mol. The Morgan fingerprint density at radius 3 is 2.35 bits per heavy atom. The summed E-state index contributed by atoms with van der Waals surface area (Å²) >= 11 is 0. The molecule has 0 aromatic rings. The molecule has 0 fully saturated rings. The van der Waals surface area contributed by atoms with E-state index in [1.54, 1.807) is 30.4 Å². The summed E-state index contributed by atoms with van der Waals surface area (Å²) in [7, 11) is 0. The number of hydrogen-bond acceptors (Lipinski definition) is 2. The van der Waals surface area contributed by atoms with Crippen LogP contribution in [0.3, 0.4) is 0 Å². The molecule has 0 bridgehead atoms. The van der Waals surface area contributed by atoms with Crippen LogP contribution < -0.4 is 0 Å². The van der Waals surface area contributed by atoms with E-state index >= 15 is 0 Å². The first kappa shape index (κ1) is 15.1. The zero-order valence-electron chi connectivity index (χ0n) is 11.2. The Morgan fingerprint density at radius 2 is 1.65 bits per heavy atom. The minimum atomic E-state index is -0.334. The maximum atomic E-state index is 10.7. The van der Waals surface area contributed by atoms with Crippen LogP contribution in [0.1, 0.15) is 6.92 Å². The fraction of sp³-hybridized carbons (Fsp3) is 0.0556. The molecule has 0 aromatic heterocycles. The molecule has 0 saturated carbocycles. The molecule has 0 atom stereocenters. The van der Waals surface area contributed by atoms with Crippen molar-refractivity contribution < 1.29 is 9.53 Å². The molecule has 20 heavy (non-hydrogen) atoms. The number of esters is 1. The number of rotatable bonds is 3. The second-order valence-corrected chi connectivity index (χ2v) is 3.49. The number of allylic oxidation sites excluding steroid dienone is 10. The van der Waals surface area contributed by atoms with Crippen molar-refractivity contribution in [3.8, 4) is 23.7 Å². The summed E-state index contributed by atoms with van der Waals surface area (Å²) in [6.07, 6.45) is 19.2. The fourth-order valence-electron chi connectivity index (χ4n) is 1.11. The number of carbonyl (C=O) groups is 1. The Morgan fingerprint density at radius 1 is 0.950 bits per heavy atom. The van der Waals surface area contributed by atoms with Gasteiger partial charge in [0.2, 0.25) is 0 Å². The summed E-state index contributed by atoms with van der Waals surface area (Å²) in [5.41, 5.74) is 0. The lowest BCUT2D eigenvalue weighted by Gasteiger charge is -1.90. The van der Waals surface area contributed by atoms with Crippen LogP contribution in [0.4, 0.5) is 0 Å². The summed E-state index contributed by atoms with van der Waals surface area (Å²) in [5, 5.41) is 0. The van der Waals surface area contributed by atoms with E-state index in [0.717, 1.165) is 0 Å². The molecular formula is C18H14O2. The lowest BCUT2D eigenvalue weighted by atomic mass is 10.3. The molecule has 1 aliphatic rings. The molecule has 0 radical (unpaired) electrons.